The first-order valence-corrected chi connectivity index (χ1v) is 9.10. The number of sulfonamides is 1. The molecule has 1 aromatic carbocycles. The Labute approximate surface area is 136 Å². The molecule has 0 saturated carbocycles. The zero-order valence-corrected chi connectivity index (χ0v) is 13.8. The van der Waals surface area contributed by atoms with E-state index in [1.54, 1.807) is 17.0 Å². The van der Waals surface area contributed by atoms with Crippen molar-refractivity contribution in [2.24, 2.45) is 0 Å². The van der Waals surface area contributed by atoms with E-state index in [2.05, 4.69) is 11.3 Å². The number of carbonyl (C=O) groups is 1. The Hall–Kier alpha value is -1.70. The van der Waals surface area contributed by atoms with E-state index in [0.29, 0.717) is 31.5 Å². The molecule has 6 nitrogen and oxygen atoms in total. The van der Waals surface area contributed by atoms with Crippen LogP contribution < -0.4 is 4.72 Å². The predicted octanol–water partition coefficient (Wildman–Crippen LogP) is 1.14. The summed E-state index contributed by atoms with van der Waals surface area (Å²) in [5.41, 5.74) is 0.336. The highest BCUT2D eigenvalue weighted by Crippen LogP contribution is 2.17. The van der Waals surface area contributed by atoms with Crippen molar-refractivity contribution in [2.45, 2.75) is 30.3 Å². The Kier molecular flexibility index (Phi) is 5.92. The van der Waals surface area contributed by atoms with Gasteiger partial charge in [0, 0.05) is 25.2 Å². The molecule has 126 valence electrons. The third kappa shape index (κ3) is 4.63. The summed E-state index contributed by atoms with van der Waals surface area (Å²) < 4.78 is 26.6. The first kappa shape index (κ1) is 17.7. The summed E-state index contributed by atoms with van der Waals surface area (Å²) >= 11 is 0. The lowest BCUT2D eigenvalue weighted by Gasteiger charge is -2.20. The fraction of sp³-hybridized carbons (Fsp3) is 0.438. The molecule has 23 heavy (non-hydrogen) atoms. The molecule has 1 aliphatic rings. The van der Waals surface area contributed by atoms with Gasteiger partial charge >= 0.3 is 0 Å². The van der Waals surface area contributed by atoms with Gasteiger partial charge in [0.1, 0.15) is 0 Å². The number of hydrogen-bond donors (Lipinski definition) is 2. The Morgan fingerprint density at radius 2 is 2.17 bits per heavy atom. The quantitative estimate of drug-likeness (QED) is 0.788. The molecule has 7 heteroatoms. The van der Waals surface area contributed by atoms with E-state index in [-0.39, 0.29) is 23.5 Å². The molecule has 0 unspecified atom stereocenters. The highest BCUT2D eigenvalue weighted by atomic mass is 32.2. The molecule has 2 rings (SSSR count). The van der Waals surface area contributed by atoms with Crippen LogP contribution in [0.4, 0.5) is 0 Å². The van der Waals surface area contributed by atoms with E-state index >= 15 is 0 Å². The number of aliphatic hydroxyl groups excluding tert-OH is 1. The third-order valence-electron chi connectivity index (χ3n) is 3.79. The molecular weight excluding hydrogens is 316 g/mol. The van der Waals surface area contributed by atoms with Crippen molar-refractivity contribution >= 4 is 15.9 Å². The second-order valence-electron chi connectivity index (χ2n) is 5.55. The second kappa shape index (κ2) is 7.72. The Morgan fingerprint density at radius 1 is 1.39 bits per heavy atom. The Morgan fingerprint density at radius 3 is 2.91 bits per heavy atom. The number of aliphatic hydroxyl groups is 1. The van der Waals surface area contributed by atoms with Gasteiger partial charge in [-0.25, -0.2) is 13.1 Å². The lowest BCUT2D eigenvalue weighted by atomic mass is 10.2. The maximum atomic E-state index is 12.6. The standard InChI is InChI=1S/C16H22N2O4S/c1-2-9-17-23(21,22)15-7-3-5-13(12-15)16(20)18-10-4-6-14(19)8-11-18/h2-3,5,7,12,14,17,19H,1,4,6,8-11H2/t14-/m0/s1. The number of nitrogens with one attached hydrogen (secondary N) is 1. The van der Waals surface area contributed by atoms with Gasteiger partial charge in [-0.15, -0.1) is 6.58 Å². The number of hydrogen-bond acceptors (Lipinski definition) is 4. The van der Waals surface area contributed by atoms with E-state index in [9.17, 15) is 18.3 Å². The summed E-state index contributed by atoms with van der Waals surface area (Å²) in [6.07, 6.45) is 3.05. The number of benzene rings is 1. The molecule has 0 aromatic heterocycles. The first-order valence-electron chi connectivity index (χ1n) is 7.62. The maximum Gasteiger partial charge on any atom is 0.253 e. The number of amides is 1. The van der Waals surface area contributed by atoms with Crippen LogP contribution >= 0.6 is 0 Å². The predicted molar refractivity (Wildman–Crippen MR) is 87.6 cm³/mol. The van der Waals surface area contributed by atoms with Crippen molar-refractivity contribution < 1.29 is 18.3 Å². The summed E-state index contributed by atoms with van der Waals surface area (Å²) in [6, 6.07) is 6.00. The molecule has 1 aromatic rings. The maximum absolute atomic E-state index is 12.6. The molecule has 0 radical (unpaired) electrons. The molecule has 0 spiro atoms. The summed E-state index contributed by atoms with van der Waals surface area (Å²) in [6.45, 7) is 4.65. The summed E-state index contributed by atoms with van der Waals surface area (Å²) in [4.78, 5) is 14.3. The van der Waals surface area contributed by atoms with Crippen LogP contribution in [0.1, 0.15) is 29.6 Å². The van der Waals surface area contributed by atoms with Gasteiger partial charge in [0.25, 0.3) is 5.91 Å². The van der Waals surface area contributed by atoms with Gasteiger partial charge in [-0.1, -0.05) is 12.1 Å². The van der Waals surface area contributed by atoms with Gasteiger partial charge < -0.3 is 10.0 Å². The first-order chi connectivity index (χ1) is 10.9. The van der Waals surface area contributed by atoms with Crippen molar-refractivity contribution in [3.63, 3.8) is 0 Å². The van der Waals surface area contributed by atoms with Gasteiger partial charge in [-0.05, 0) is 37.5 Å². The van der Waals surface area contributed by atoms with Crippen LogP contribution in [0.3, 0.4) is 0 Å². The second-order valence-corrected chi connectivity index (χ2v) is 7.31. The fourth-order valence-corrected chi connectivity index (χ4v) is 3.56. The van der Waals surface area contributed by atoms with Crippen molar-refractivity contribution in [2.75, 3.05) is 19.6 Å². The minimum absolute atomic E-state index is 0.0556. The molecule has 2 N–H and O–H groups in total. The van der Waals surface area contributed by atoms with Crippen LogP contribution in [0.15, 0.2) is 41.8 Å². The monoisotopic (exact) mass is 338 g/mol. The lowest BCUT2D eigenvalue weighted by molar-refractivity contribution is 0.0753. The average molecular weight is 338 g/mol. The SMILES string of the molecule is C=CCNS(=O)(=O)c1cccc(C(=O)N2CCC[C@H](O)CC2)c1. The minimum atomic E-state index is -3.66. The molecule has 1 aliphatic heterocycles. The lowest BCUT2D eigenvalue weighted by Crippen LogP contribution is -2.32. The van der Waals surface area contributed by atoms with E-state index in [1.165, 1.54) is 18.2 Å². The number of nitrogens with zero attached hydrogens (tertiary/aromatic N) is 1. The normalized spacial score (nSPS) is 19.2. The van der Waals surface area contributed by atoms with E-state index in [4.69, 9.17) is 0 Å². The molecule has 1 heterocycles. The third-order valence-corrected chi connectivity index (χ3v) is 5.22. The van der Waals surface area contributed by atoms with Gasteiger partial charge in [0.05, 0.1) is 11.0 Å². The van der Waals surface area contributed by atoms with Crippen molar-refractivity contribution in [1.29, 1.82) is 0 Å². The highest BCUT2D eigenvalue weighted by molar-refractivity contribution is 7.89. The van der Waals surface area contributed by atoms with Crippen LogP contribution in [0.25, 0.3) is 0 Å². The molecule has 0 aliphatic carbocycles. The van der Waals surface area contributed by atoms with Gasteiger partial charge in [0.15, 0.2) is 0 Å². The molecule has 1 atom stereocenters. The topological polar surface area (TPSA) is 86.7 Å². The summed E-state index contributed by atoms with van der Waals surface area (Å²) in [5.74, 6) is -0.208. The Balaban J connectivity index is 2.18. The molecule has 0 bridgehead atoms. The van der Waals surface area contributed by atoms with Gasteiger partial charge in [0.2, 0.25) is 10.0 Å². The molecule has 1 amide bonds. The van der Waals surface area contributed by atoms with Crippen LogP contribution in [-0.4, -0.2) is 50.1 Å². The van der Waals surface area contributed by atoms with Gasteiger partial charge in [-0.3, -0.25) is 4.79 Å². The van der Waals surface area contributed by atoms with Gasteiger partial charge in [-0.2, -0.15) is 0 Å². The summed E-state index contributed by atoms with van der Waals surface area (Å²) in [5, 5.41) is 9.66. The molecule has 1 fully saturated rings. The Bertz CT molecular complexity index is 672. The van der Waals surface area contributed by atoms with Crippen molar-refractivity contribution in [1.82, 2.24) is 9.62 Å². The zero-order chi connectivity index (χ0) is 16.9. The number of rotatable bonds is 5. The van der Waals surface area contributed by atoms with Crippen LogP contribution in [0.2, 0.25) is 0 Å². The van der Waals surface area contributed by atoms with Crippen molar-refractivity contribution in [3.8, 4) is 0 Å². The van der Waals surface area contributed by atoms with E-state index < -0.39 is 10.0 Å². The van der Waals surface area contributed by atoms with E-state index in [1.807, 2.05) is 0 Å². The van der Waals surface area contributed by atoms with E-state index in [0.717, 1.165) is 6.42 Å². The van der Waals surface area contributed by atoms with Crippen molar-refractivity contribution in [3.05, 3.63) is 42.5 Å². The van der Waals surface area contributed by atoms with Crippen LogP contribution in [0, 0.1) is 0 Å². The molecular formula is C16H22N2O4S. The number of carbonyl (C=O) groups excluding carboxylic acids is 1. The van der Waals surface area contributed by atoms with Crippen LogP contribution in [-0.2, 0) is 10.0 Å². The number of likely N-dealkylation sites (tertiary alicyclic amines) is 1. The largest absolute Gasteiger partial charge is 0.393 e. The fourth-order valence-electron chi connectivity index (χ4n) is 2.51. The van der Waals surface area contributed by atoms with Crippen LogP contribution in [0.5, 0.6) is 0 Å². The smallest absolute Gasteiger partial charge is 0.253 e. The zero-order valence-electron chi connectivity index (χ0n) is 12.9. The highest BCUT2D eigenvalue weighted by Gasteiger charge is 2.22. The minimum Gasteiger partial charge on any atom is -0.393 e. The molecule has 1 saturated heterocycles. The summed E-state index contributed by atoms with van der Waals surface area (Å²) in [7, 11) is -3.66. The average Bonchev–Trinajstić information content (AvgIpc) is 2.77.